The number of amides is 1. The second-order valence-corrected chi connectivity index (χ2v) is 8.45. The standard InChI is InChI=1S/C14H29N3O4S/c1-10(2)12(9-18)16-14(19)13(11(3)4)17-15-7-6-8-22(5,20)21/h9-13,15,17H,6-8H2,1-5H3,(H,16,19)/t12-,13+/m1/s1. The van der Waals surface area contributed by atoms with Crippen LogP contribution in [0.3, 0.4) is 0 Å². The van der Waals surface area contributed by atoms with Crippen LogP contribution >= 0.6 is 0 Å². The second-order valence-electron chi connectivity index (χ2n) is 6.19. The fourth-order valence-electron chi connectivity index (χ4n) is 1.75. The molecule has 0 saturated heterocycles. The lowest BCUT2D eigenvalue weighted by atomic mass is 10.0. The SMILES string of the molecule is CC(C)[C@H](NNCCCS(C)(=O)=O)C(=O)N[C@H](C=O)C(C)C. The number of carbonyl (C=O) groups is 2. The Balaban J connectivity index is 4.36. The van der Waals surface area contributed by atoms with Gasteiger partial charge < -0.3 is 10.1 Å². The molecule has 0 aliphatic heterocycles. The summed E-state index contributed by atoms with van der Waals surface area (Å²) in [6.45, 7) is 7.94. The van der Waals surface area contributed by atoms with E-state index >= 15 is 0 Å². The molecule has 0 aromatic heterocycles. The largest absolute Gasteiger partial charge is 0.345 e. The van der Waals surface area contributed by atoms with Crippen LogP contribution in [-0.4, -0.2) is 51.2 Å². The third kappa shape index (κ3) is 9.11. The highest BCUT2D eigenvalue weighted by molar-refractivity contribution is 7.90. The van der Waals surface area contributed by atoms with Crippen LogP contribution in [0.15, 0.2) is 0 Å². The Bertz CT molecular complexity index is 449. The zero-order valence-electron chi connectivity index (χ0n) is 14.0. The van der Waals surface area contributed by atoms with E-state index in [2.05, 4.69) is 16.2 Å². The fraction of sp³-hybridized carbons (Fsp3) is 0.857. The monoisotopic (exact) mass is 335 g/mol. The molecule has 8 heteroatoms. The van der Waals surface area contributed by atoms with Crippen molar-refractivity contribution in [1.29, 1.82) is 0 Å². The maximum absolute atomic E-state index is 12.2. The van der Waals surface area contributed by atoms with Gasteiger partial charge in [0, 0.05) is 12.8 Å². The van der Waals surface area contributed by atoms with E-state index in [1.165, 1.54) is 6.26 Å². The van der Waals surface area contributed by atoms with Crippen LogP contribution in [0.1, 0.15) is 34.1 Å². The Morgan fingerprint density at radius 1 is 1.14 bits per heavy atom. The molecule has 0 saturated carbocycles. The Kier molecular flexibility index (Phi) is 9.47. The predicted octanol–water partition coefficient (Wildman–Crippen LogP) is -0.120. The number of hydrogen-bond donors (Lipinski definition) is 3. The lowest BCUT2D eigenvalue weighted by Crippen LogP contribution is -2.55. The number of sulfone groups is 1. The van der Waals surface area contributed by atoms with Gasteiger partial charge in [0.1, 0.15) is 22.2 Å². The first-order valence-electron chi connectivity index (χ1n) is 7.50. The summed E-state index contributed by atoms with van der Waals surface area (Å²) in [6.07, 6.45) is 2.39. The van der Waals surface area contributed by atoms with Crippen molar-refractivity contribution in [2.24, 2.45) is 11.8 Å². The van der Waals surface area contributed by atoms with Crippen molar-refractivity contribution in [2.75, 3.05) is 18.6 Å². The second kappa shape index (κ2) is 9.91. The Morgan fingerprint density at radius 2 is 1.73 bits per heavy atom. The fourth-order valence-corrected chi connectivity index (χ4v) is 2.42. The topological polar surface area (TPSA) is 104 Å². The van der Waals surface area contributed by atoms with Crippen LogP contribution in [0.2, 0.25) is 0 Å². The summed E-state index contributed by atoms with van der Waals surface area (Å²) in [4.78, 5) is 23.2. The van der Waals surface area contributed by atoms with Gasteiger partial charge in [-0.1, -0.05) is 27.7 Å². The molecule has 130 valence electrons. The molecule has 2 atom stereocenters. The maximum Gasteiger partial charge on any atom is 0.239 e. The molecule has 0 aromatic carbocycles. The van der Waals surface area contributed by atoms with Crippen LogP contribution in [-0.2, 0) is 19.4 Å². The lowest BCUT2D eigenvalue weighted by molar-refractivity contribution is -0.127. The number of aldehydes is 1. The molecule has 22 heavy (non-hydrogen) atoms. The Labute approximate surface area is 133 Å². The Morgan fingerprint density at radius 3 is 2.14 bits per heavy atom. The van der Waals surface area contributed by atoms with E-state index in [1.807, 2.05) is 27.7 Å². The molecule has 0 rings (SSSR count). The molecule has 0 aliphatic carbocycles. The van der Waals surface area contributed by atoms with Crippen molar-refractivity contribution in [3.05, 3.63) is 0 Å². The lowest BCUT2D eigenvalue weighted by Gasteiger charge is -2.25. The number of hydrazine groups is 1. The van der Waals surface area contributed by atoms with Crippen molar-refractivity contribution < 1.29 is 18.0 Å². The minimum Gasteiger partial charge on any atom is -0.345 e. The van der Waals surface area contributed by atoms with E-state index < -0.39 is 21.9 Å². The van der Waals surface area contributed by atoms with Gasteiger partial charge in [0.05, 0.1) is 11.8 Å². The summed E-state index contributed by atoms with van der Waals surface area (Å²) in [5, 5.41) is 2.71. The molecule has 0 spiro atoms. The highest BCUT2D eigenvalue weighted by Gasteiger charge is 2.25. The van der Waals surface area contributed by atoms with Gasteiger partial charge in [-0.05, 0) is 18.3 Å². The van der Waals surface area contributed by atoms with E-state index in [-0.39, 0.29) is 23.5 Å². The molecule has 0 aliphatic rings. The van der Waals surface area contributed by atoms with E-state index in [0.717, 1.165) is 6.29 Å². The van der Waals surface area contributed by atoms with Crippen LogP contribution in [0, 0.1) is 11.8 Å². The molecular weight excluding hydrogens is 306 g/mol. The van der Waals surface area contributed by atoms with E-state index in [4.69, 9.17) is 0 Å². The molecule has 0 radical (unpaired) electrons. The van der Waals surface area contributed by atoms with Crippen molar-refractivity contribution in [3.8, 4) is 0 Å². The van der Waals surface area contributed by atoms with Crippen molar-refractivity contribution in [1.82, 2.24) is 16.2 Å². The molecule has 0 unspecified atom stereocenters. The van der Waals surface area contributed by atoms with Crippen molar-refractivity contribution in [2.45, 2.75) is 46.2 Å². The molecular formula is C14H29N3O4S. The molecule has 7 nitrogen and oxygen atoms in total. The van der Waals surface area contributed by atoms with Crippen LogP contribution in [0.5, 0.6) is 0 Å². The van der Waals surface area contributed by atoms with Gasteiger partial charge in [-0.25, -0.2) is 13.8 Å². The highest BCUT2D eigenvalue weighted by Crippen LogP contribution is 2.04. The normalized spacial score (nSPS) is 14.9. The molecule has 0 heterocycles. The van der Waals surface area contributed by atoms with Gasteiger partial charge in [0.15, 0.2) is 0 Å². The first-order valence-corrected chi connectivity index (χ1v) is 9.56. The van der Waals surface area contributed by atoms with Gasteiger partial charge in [0.2, 0.25) is 5.91 Å². The summed E-state index contributed by atoms with van der Waals surface area (Å²) in [7, 11) is -2.97. The first kappa shape index (κ1) is 21.0. The van der Waals surface area contributed by atoms with Gasteiger partial charge in [-0.15, -0.1) is 0 Å². The summed E-state index contributed by atoms with van der Waals surface area (Å²) in [6, 6.07) is -1.01. The number of carbonyl (C=O) groups excluding carboxylic acids is 2. The third-order valence-corrected chi connectivity index (χ3v) is 4.23. The average molecular weight is 335 g/mol. The number of rotatable bonds is 11. The van der Waals surface area contributed by atoms with Gasteiger partial charge >= 0.3 is 0 Å². The zero-order chi connectivity index (χ0) is 17.3. The van der Waals surface area contributed by atoms with Crippen molar-refractivity contribution >= 4 is 22.0 Å². The quantitative estimate of drug-likeness (QED) is 0.276. The smallest absolute Gasteiger partial charge is 0.239 e. The summed E-state index contributed by atoms with van der Waals surface area (Å²) in [5.74, 6) is -0.115. The highest BCUT2D eigenvalue weighted by atomic mass is 32.2. The predicted molar refractivity (Wildman–Crippen MR) is 86.9 cm³/mol. The summed E-state index contributed by atoms with van der Waals surface area (Å²) in [5.41, 5.74) is 5.78. The minimum absolute atomic E-state index is 0.0156. The maximum atomic E-state index is 12.2. The number of hydrogen-bond acceptors (Lipinski definition) is 6. The van der Waals surface area contributed by atoms with Crippen LogP contribution in [0.4, 0.5) is 0 Å². The summed E-state index contributed by atoms with van der Waals surface area (Å²) >= 11 is 0. The van der Waals surface area contributed by atoms with E-state index in [9.17, 15) is 18.0 Å². The molecule has 3 N–H and O–H groups in total. The molecule has 0 aromatic rings. The summed E-state index contributed by atoms with van der Waals surface area (Å²) < 4.78 is 22.0. The number of nitrogens with one attached hydrogen (secondary N) is 3. The molecule has 1 amide bonds. The van der Waals surface area contributed by atoms with E-state index in [0.29, 0.717) is 13.0 Å². The first-order chi connectivity index (χ1) is 10.1. The zero-order valence-corrected chi connectivity index (χ0v) is 14.9. The third-order valence-electron chi connectivity index (χ3n) is 3.20. The van der Waals surface area contributed by atoms with Gasteiger partial charge in [-0.3, -0.25) is 10.2 Å². The molecule has 0 bridgehead atoms. The van der Waals surface area contributed by atoms with Gasteiger partial charge in [-0.2, -0.15) is 0 Å². The van der Waals surface area contributed by atoms with E-state index in [1.54, 1.807) is 0 Å². The average Bonchev–Trinajstić information content (AvgIpc) is 2.37. The van der Waals surface area contributed by atoms with Crippen LogP contribution in [0.25, 0.3) is 0 Å². The van der Waals surface area contributed by atoms with Crippen molar-refractivity contribution in [3.63, 3.8) is 0 Å². The molecule has 0 fully saturated rings. The van der Waals surface area contributed by atoms with Crippen LogP contribution < -0.4 is 16.2 Å². The Hall–Kier alpha value is -0.990. The van der Waals surface area contributed by atoms with Gasteiger partial charge in [0.25, 0.3) is 0 Å². The minimum atomic E-state index is -2.97.